The molecule has 0 saturated carbocycles. The van der Waals surface area contributed by atoms with Crippen LogP contribution in [0.15, 0.2) is 30.3 Å². The third kappa shape index (κ3) is 7.22. The van der Waals surface area contributed by atoms with Gasteiger partial charge in [-0.3, -0.25) is 19.2 Å². The van der Waals surface area contributed by atoms with Crippen molar-refractivity contribution in [2.45, 2.75) is 88.9 Å². The van der Waals surface area contributed by atoms with E-state index in [2.05, 4.69) is 28.6 Å². The average molecular weight is 503 g/mol. The Morgan fingerprint density at radius 2 is 1.66 bits per heavy atom. The van der Waals surface area contributed by atoms with Crippen LogP contribution in [0.25, 0.3) is 0 Å². The highest BCUT2D eigenvalue weighted by Gasteiger charge is 2.42. The van der Waals surface area contributed by atoms with E-state index < -0.39 is 29.6 Å². The van der Waals surface area contributed by atoms with Crippen LogP contribution in [0.2, 0.25) is 0 Å². The highest BCUT2D eigenvalue weighted by molar-refractivity contribution is 7.80. The van der Waals surface area contributed by atoms with E-state index in [9.17, 15) is 19.2 Å². The van der Waals surface area contributed by atoms with Gasteiger partial charge in [0.1, 0.15) is 23.7 Å². The van der Waals surface area contributed by atoms with Crippen LogP contribution < -0.4 is 16.0 Å². The maximum atomic E-state index is 13.6. The van der Waals surface area contributed by atoms with Gasteiger partial charge in [-0.1, -0.05) is 49.6 Å². The summed E-state index contributed by atoms with van der Waals surface area (Å²) in [5.41, 5.74) is -0.358. The summed E-state index contributed by atoms with van der Waals surface area (Å²) in [4.78, 5) is 54.9. The first-order valence-corrected chi connectivity index (χ1v) is 13.2. The molecule has 2 aliphatic heterocycles. The molecule has 3 N–H and O–H groups in total. The van der Waals surface area contributed by atoms with Gasteiger partial charge < -0.3 is 20.9 Å². The van der Waals surface area contributed by atoms with Crippen molar-refractivity contribution >= 4 is 36.3 Å². The van der Waals surface area contributed by atoms with Crippen LogP contribution in [0, 0.1) is 0 Å². The molecule has 1 aromatic rings. The third-order valence-electron chi connectivity index (χ3n) is 6.76. The van der Waals surface area contributed by atoms with E-state index in [0.29, 0.717) is 32.2 Å². The van der Waals surface area contributed by atoms with Gasteiger partial charge in [-0.15, -0.1) is 0 Å². The topological polar surface area (TPSA) is 108 Å². The molecular weight excluding hydrogens is 464 g/mol. The lowest BCUT2D eigenvalue weighted by molar-refractivity contribution is -0.144. The lowest BCUT2D eigenvalue weighted by Gasteiger charge is -2.34. The Balaban J connectivity index is 1.85. The molecule has 0 bridgehead atoms. The van der Waals surface area contributed by atoms with Crippen LogP contribution in [0.4, 0.5) is 0 Å². The van der Waals surface area contributed by atoms with Crippen molar-refractivity contribution in [3.8, 4) is 0 Å². The molecule has 35 heavy (non-hydrogen) atoms. The van der Waals surface area contributed by atoms with E-state index in [1.54, 1.807) is 18.7 Å². The summed E-state index contributed by atoms with van der Waals surface area (Å²) in [6.45, 7) is 3.67. The number of carbonyl (C=O) groups excluding carboxylic acids is 4. The van der Waals surface area contributed by atoms with E-state index in [0.717, 1.165) is 37.0 Å². The summed E-state index contributed by atoms with van der Waals surface area (Å²) in [5, 5.41) is 8.56. The number of fused-ring (bicyclic) bond motifs is 1. The van der Waals surface area contributed by atoms with Crippen LogP contribution in [-0.2, 0) is 25.6 Å². The summed E-state index contributed by atoms with van der Waals surface area (Å²) >= 11 is 4.23. The van der Waals surface area contributed by atoms with Gasteiger partial charge >= 0.3 is 0 Å². The number of carbonyl (C=O) groups is 4. The van der Waals surface area contributed by atoms with E-state index >= 15 is 0 Å². The molecule has 0 unspecified atom stereocenters. The Kier molecular flexibility index (Phi) is 9.60. The van der Waals surface area contributed by atoms with Gasteiger partial charge in [-0.2, -0.15) is 12.6 Å². The largest absolute Gasteiger partial charge is 0.343 e. The highest BCUT2D eigenvalue weighted by Crippen LogP contribution is 2.21. The lowest BCUT2D eigenvalue weighted by atomic mass is 9.98. The molecule has 2 fully saturated rings. The quantitative estimate of drug-likeness (QED) is 0.322. The zero-order valence-corrected chi connectivity index (χ0v) is 21.6. The Hall–Kier alpha value is -2.55. The molecule has 2 heterocycles. The second kappa shape index (κ2) is 12.4. The number of nitrogens with one attached hydrogen (secondary N) is 3. The fourth-order valence-corrected chi connectivity index (χ4v) is 4.92. The molecule has 0 aromatic heterocycles. The Morgan fingerprint density at radius 1 is 0.943 bits per heavy atom. The minimum Gasteiger partial charge on any atom is -0.343 e. The summed E-state index contributed by atoms with van der Waals surface area (Å²) in [6, 6.07) is 7.21. The van der Waals surface area contributed by atoms with Gasteiger partial charge in [0.05, 0.1) is 0 Å². The first-order valence-electron chi connectivity index (χ1n) is 12.6. The van der Waals surface area contributed by atoms with Crippen molar-refractivity contribution in [2.24, 2.45) is 0 Å². The molecule has 2 saturated heterocycles. The molecule has 0 aliphatic carbocycles. The third-order valence-corrected chi connectivity index (χ3v) is 7.08. The van der Waals surface area contributed by atoms with E-state index in [1.165, 1.54) is 0 Å². The second-order valence-corrected chi connectivity index (χ2v) is 10.5. The van der Waals surface area contributed by atoms with E-state index in [1.807, 2.05) is 30.3 Å². The molecule has 9 heteroatoms. The molecule has 0 radical (unpaired) electrons. The van der Waals surface area contributed by atoms with Gasteiger partial charge in [0.25, 0.3) is 0 Å². The standard InChI is InChI=1S/C26H38N4O4S/c1-26(2)25(34)28-20(17-18-11-6-5-7-12-18)24(33)30-15-10-14-21(30)23(32)27-19(22(31)29-26)13-8-3-4-9-16-35/h5-7,11-12,19-21,35H,3-4,8-10,13-17H2,1-2H3,(H,27,32)(H,28,34)(H,29,31)/t19-,20+,21-/m1/s1. The van der Waals surface area contributed by atoms with E-state index in [-0.39, 0.29) is 17.7 Å². The van der Waals surface area contributed by atoms with Crippen LogP contribution in [-0.4, -0.2) is 64.5 Å². The minimum absolute atomic E-state index is 0.272. The van der Waals surface area contributed by atoms with E-state index in [4.69, 9.17) is 0 Å². The van der Waals surface area contributed by atoms with Crippen LogP contribution in [0.3, 0.4) is 0 Å². The monoisotopic (exact) mass is 502 g/mol. The van der Waals surface area contributed by atoms with Gasteiger partial charge in [0.2, 0.25) is 23.6 Å². The zero-order chi connectivity index (χ0) is 25.4. The zero-order valence-electron chi connectivity index (χ0n) is 20.7. The van der Waals surface area contributed by atoms with Crippen molar-refractivity contribution in [2.75, 3.05) is 12.3 Å². The number of rotatable bonds is 8. The van der Waals surface area contributed by atoms with Crippen LogP contribution >= 0.6 is 12.6 Å². The summed E-state index contributed by atoms with van der Waals surface area (Å²) < 4.78 is 0. The molecule has 1 aromatic carbocycles. The SMILES string of the molecule is CC1(C)NC(=O)[C@@H](CCCCCCS)NC(=O)[C@H]2CCCN2C(=O)[C@H](Cc2ccccc2)NC1=O. The number of hydrogen-bond acceptors (Lipinski definition) is 5. The van der Waals surface area contributed by atoms with Gasteiger partial charge in [-0.25, -0.2) is 0 Å². The number of unbranched alkanes of at least 4 members (excludes halogenated alkanes) is 3. The molecule has 3 rings (SSSR count). The Labute approximate surface area is 213 Å². The fourth-order valence-electron chi connectivity index (χ4n) is 4.69. The second-order valence-electron chi connectivity index (χ2n) is 10.0. The van der Waals surface area contributed by atoms with Gasteiger partial charge in [0.15, 0.2) is 0 Å². The molecule has 3 atom stereocenters. The normalized spacial score (nSPS) is 25.1. The first kappa shape index (κ1) is 27.0. The molecule has 192 valence electrons. The van der Waals surface area contributed by atoms with Crippen molar-refractivity contribution in [1.29, 1.82) is 0 Å². The fraction of sp³-hybridized carbons (Fsp3) is 0.615. The predicted molar refractivity (Wildman–Crippen MR) is 138 cm³/mol. The summed E-state index contributed by atoms with van der Waals surface area (Å²) in [6.07, 6.45) is 5.71. The maximum absolute atomic E-state index is 13.6. The Morgan fingerprint density at radius 3 is 2.37 bits per heavy atom. The predicted octanol–water partition coefficient (Wildman–Crippen LogP) is 1.98. The first-order chi connectivity index (χ1) is 16.7. The maximum Gasteiger partial charge on any atom is 0.246 e. The lowest BCUT2D eigenvalue weighted by Crippen LogP contribution is -2.64. The van der Waals surface area contributed by atoms with Crippen molar-refractivity contribution in [3.05, 3.63) is 35.9 Å². The number of thiol groups is 1. The molecule has 0 spiro atoms. The number of amides is 4. The van der Waals surface area contributed by atoms with Gasteiger partial charge in [-0.05, 0) is 50.8 Å². The van der Waals surface area contributed by atoms with Crippen LogP contribution in [0.5, 0.6) is 0 Å². The van der Waals surface area contributed by atoms with Crippen LogP contribution in [0.1, 0.15) is 64.4 Å². The molecular formula is C26H38N4O4S. The molecule has 2 aliphatic rings. The van der Waals surface area contributed by atoms with Crippen molar-refractivity contribution in [1.82, 2.24) is 20.9 Å². The smallest absolute Gasteiger partial charge is 0.246 e. The van der Waals surface area contributed by atoms with Gasteiger partial charge in [0, 0.05) is 13.0 Å². The summed E-state index contributed by atoms with van der Waals surface area (Å²) in [5.74, 6) is -0.583. The minimum atomic E-state index is -1.26. The number of hydrogen-bond donors (Lipinski definition) is 4. The van der Waals surface area contributed by atoms with Crippen molar-refractivity contribution in [3.63, 3.8) is 0 Å². The Bertz CT molecular complexity index is 908. The average Bonchev–Trinajstić information content (AvgIpc) is 3.32. The molecule has 4 amide bonds. The summed E-state index contributed by atoms with van der Waals surface area (Å²) in [7, 11) is 0. The number of benzene rings is 1. The number of nitrogens with zero attached hydrogens (tertiary/aromatic N) is 1. The van der Waals surface area contributed by atoms with Crippen molar-refractivity contribution < 1.29 is 19.2 Å². The highest BCUT2D eigenvalue weighted by atomic mass is 32.1. The molecule has 8 nitrogen and oxygen atoms in total.